The Morgan fingerprint density at radius 2 is 2.35 bits per heavy atom. The van der Waals surface area contributed by atoms with Gasteiger partial charge in [0.25, 0.3) is 10.0 Å². The molecule has 1 N–H and O–H groups in total. The van der Waals surface area contributed by atoms with Crippen LogP contribution < -0.4 is 0 Å². The summed E-state index contributed by atoms with van der Waals surface area (Å²) in [5.74, 6) is 0. The number of rotatable bonds is 3. The molecule has 0 bridgehead atoms. The molecule has 1 aromatic heterocycles. The lowest BCUT2D eigenvalue weighted by Gasteiger charge is -2.21. The van der Waals surface area contributed by atoms with Crippen molar-refractivity contribution in [1.29, 1.82) is 5.26 Å². The number of hydrogen-bond donors (Lipinski definition) is 1. The molecule has 1 aliphatic rings. The van der Waals surface area contributed by atoms with Crippen LogP contribution >= 0.6 is 11.3 Å². The van der Waals surface area contributed by atoms with Crippen molar-refractivity contribution >= 4 is 21.4 Å². The van der Waals surface area contributed by atoms with Gasteiger partial charge in [0.1, 0.15) is 15.2 Å². The van der Waals surface area contributed by atoms with Crippen molar-refractivity contribution < 1.29 is 13.5 Å². The average Bonchev–Trinajstić information content (AvgIpc) is 2.97. The lowest BCUT2D eigenvalue weighted by molar-refractivity contribution is 0.230. The molecule has 0 amide bonds. The summed E-state index contributed by atoms with van der Waals surface area (Å²) in [6.07, 6.45) is 3.37. The van der Waals surface area contributed by atoms with Crippen LogP contribution in [0, 0.1) is 11.3 Å². The Labute approximate surface area is 103 Å². The molecule has 2 rings (SSSR count). The molecule has 7 heteroatoms. The van der Waals surface area contributed by atoms with E-state index in [0.717, 1.165) is 11.3 Å². The SMILES string of the molecule is N#Cc1ccc(S(=O)(=O)N2CC=CC2CO)s1. The minimum atomic E-state index is -3.61. The highest BCUT2D eigenvalue weighted by molar-refractivity contribution is 7.91. The second-order valence-corrected chi connectivity index (χ2v) is 6.68. The van der Waals surface area contributed by atoms with Crippen LogP contribution in [0.25, 0.3) is 0 Å². The fraction of sp³-hybridized carbons (Fsp3) is 0.300. The first-order valence-corrected chi connectivity index (χ1v) is 7.14. The Balaban J connectivity index is 2.34. The van der Waals surface area contributed by atoms with Crippen LogP contribution in [0.5, 0.6) is 0 Å². The van der Waals surface area contributed by atoms with E-state index < -0.39 is 16.1 Å². The number of hydrogen-bond acceptors (Lipinski definition) is 5. The van der Waals surface area contributed by atoms with Gasteiger partial charge in [0, 0.05) is 6.54 Å². The molecule has 0 aromatic carbocycles. The van der Waals surface area contributed by atoms with Gasteiger partial charge >= 0.3 is 0 Å². The zero-order chi connectivity index (χ0) is 12.5. The third kappa shape index (κ3) is 2.12. The van der Waals surface area contributed by atoms with Crippen molar-refractivity contribution in [3.05, 3.63) is 29.2 Å². The van der Waals surface area contributed by atoms with Crippen molar-refractivity contribution in [3.63, 3.8) is 0 Å². The maximum Gasteiger partial charge on any atom is 0.253 e. The van der Waals surface area contributed by atoms with E-state index in [4.69, 9.17) is 10.4 Å². The van der Waals surface area contributed by atoms with E-state index in [-0.39, 0.29) is 17.4 Å². The van der Waals surface area contributed by atoms with Gasteiger partial charge in [-0.15, -0.1) is 11.3 Å². The van der Waals surface area contributed by atoms with E-state index in [2.05, 4.69) is 0 Å². The maximum absolute atomic E-state index is 12.2. The molecule has 0 spiro atoms. The van der Waals surface area contributed by atoms with Crippen LogP contribution in [-0.2, 0) is 10.0 Å². The minimum absolute atomic E-state index is 0.135. The first-order valence-electron chi connectivity index (χ1n) is 4.89. The normalized spacial score (nSPS) is 20.6. The van der Waals surface area contributed by atoms with Crippen LogP contribution in [0.15, 0.2) is 28.5 Å². The van der Waals surface area contributed by atoms with Gasteiger partial charge < -0.3 is 5.11 Å². The first-order chi connectivity index (χ1) is 8.09. The summed E-state index contributed by atoms with van der Waals surface area (Å²) < 4.78 is 25.8. The van der Waals surface area contributed by atoms with E-state index in [9.17, 15) is 8.42 Å². The number of sulfonamides is 1. The first kappa shape index (κ1) is 12.3. The topological polar surface area (TPSA) is 81.4 Å². The molecular weight excluding hydrogens is 260 g/mol. The predicted molar refractivity (Wildman–Crippen MR) is 62.9 cm³/mol. The summed E-state index contributed by atoms with van der Waals surface area (Å²) in [6, 6.07) is 4.30. The Bertz CT molecular complexity index is 583. The third-order valence-corrected chi connectivity index (χ3v) is 5.80. The van der Waals surface area contributed by atoms with E-state index in [1.807, 2.05) is 6.07 Å². The number of nitrogens with zero attached hydrogens (tertiary/aromatic N) is 2. The molecule has 0 saturated heterocycles. The van der Waals surface area contributed by atoms with E-state index >= 15 is 0 Å². The van der Waals surface area contributed by atoms with Crippen LogP contribution in [0.4, 0.5) is 0 Å². The molecule has 0 radical (unpaired) electrons. The number of aliphatic hydroxyl groups excluding tert-OH is 1. The molecule has 0 aliphatic carbocycles. The van der Waals surface area contributed by atoms with Crippen molar-refractivity contribution in [2.24, 2.45) is 0 Å². The van der Waals surface area contributed by atoms with Gasteiger partial charge in [-0.25, -0.2) is 8.42 Å². The standard InChI is InChI=1S/C10H10N2O3S2/c11-6-9-3-4-10(16-9)17(14,15)12-5-1-2-8(12)7-13/h1-4,8,13H,5,7H2. The summed E-state index contributed by atoms with van der Waals surface area (Å²) in [7, 11) is -3.61. The van der Waals surface area contributed by atoms with Crippen molar-refractivity contribution in [1.82, 2.24) is 4.31 Å². The molecule has 1 atom stereocenters. The highest BCUT2D eigenvalue weighted by Gasteiger charge is 2.32. The zero-order valence-corrected chi connectivity index (χ0v) is 10.4. The monoisotopic (exact) mass is 270 g/mol. The Hall–Kier alpha value is -1.20. The fourth-order valence-electron chi connectivity index (χ4n) is 1.62. The second-order valence-electron chi connectivity index (χ2n) is 3.48. The largest absolute Gasteiger partial charge is 0.394 e. The van der Waals surface area contributed by atoms with Gasteiger partial charge in [-0.2, -0.15) is 9.57 Å². The van der Waals surface area contributed by atoms with E-state index in [0.29, 0.717) is 4.88 Å². The molecule has 90 valence electrons. The second kappa shape index (κ2) is 4.58. The highest BCUT2D eigenvalue weighted by atomic mass is 32.2. The summed E-state index contributed by atoms with van der Waals surface area (Å²) >= 11 is 0.939. The molecule has 0 fully saturated rings. The highest BCUT2D eigenvalue weighted by Crippen LogP contribution is 2.27. The van der Waals surface area contributed by atoms with Crippen molar-refractivity contribution in [3.8, 4) is 6.07 Å². The predicted octanol–water partition coefficient (Wildman–Crippen LogP) is 0.541. The minimum Gasteiger partial charge on any atom is -0.394 e. The van der Waals surface area contributed by atoms with Gasteiger partial charge in [0.2, 0.25) is 0 Å². The number of nitriles is 1. The third-order valence-electron chi connectivity index (χ3n) is 2.46. The van der Waals surface area contributed by atoms with E-state index in [1.54, 1.807) is 12.2 Å². The molecule has 1 unspecified atom stereocenters. The Kier molecular flexibility index (Phi) is 3.31. The fourth-order valence-corrected chi connectivity index (χ4v) is 4.38. The number of thiophene rings is 1. The van der Waals surface area contributed by atoms with Crippen LogP contribution in [0.2, 0.25) is 0 Å². The van der Waals surface area contributed by atoms with Crippen LogP contribution in [0.1, 0.15) is 4.88 Å². The quantitative estimate of drug-likeness (QED) is 0.813. The molecule has 0 saturated carbocycles. The smallest absolute Gasteiger partial charge is 0.253 e. The molecule has 1 aromatic rings. The van der Waals surface area contributed by atoms with Crippen LogP contribution in [-0.4, -0.2) is 37.0 Å². The molecule has 1 aliphatic heterocycles. The van der Waals surface area contributed by atoms with Gasteiger partial charge in [0.15, 0.2) is 0 Å². The summed E-state index contributed by atoms with van der Waals surface area (Å²) in [6.45, 7) is 0.0135. The van der Waals surface area contributed by atoms with Gasteiger partial charge in [-0.3, -0.25) is 0 Å². The van der Waals surface area contributed by atoms with Gasteiger partial charge in [-0.1, -0.05) is 12.2 Å². The lowest BCUT2D eigenvalue weighted by atomic mass is 10.3. The molecular formula is C10H10N2O3S2. The summed E-state index contributed by atoms with van der Waals surface area (Å²) in [4.78, 5) is 0.358. The lowest BCUT2D eigenvalue weighted by Crippen LogP contribution is -2.37. The van der Waals surface area contributed by atoms with Crippen molar-refractivity contribution in [2.45, 2.75) is 10.3 Å². The average molecular weight is 270 g/mol. The molecule has 17 heavy (non-hydrogen) atoms. The van der Waals surface area contributed by atoms with E-state index in [1.165, 1.54) is 16.4 Å². The van der Waals surface area contributed by atoms with Gasteiger partial charge in [0.05, 0.1) is 12.6 Å². The van der Waals surface area contributed by atoms with Crippen LogP contribution in [0.3, 0.4) is 0 Å². The molecule has 5 nitrogen and oxygen atoms in total. The molecule has 2 heterocycles. The maximum atomic E-state index is 12.2. The Morgan fingerprint density at radius 3 is 2.94 bits per heavy atom. The summed E-state index contributed by atoms with van der Waals surface area (Å²) in [5, 5.41) is 17.8. The number of aliphatic hydroxyl groups is 1. The van der Waals surface area contributed by atoms with Gasteiger partial charge in [-0.05, 0) is 12.1 Å². The summed E-state index contributed by atoms with van der Waals surface area (Å²) in [5.41, 5.74) is 0. The Morgan fingerprint density at radius 1 is 1.59 bits per heavy atom. The zero-order valence-electron chi connectivity index (χ0n) is 8.78. The van der Waals surface area contributed by atoms with Crippen molar-refractivity contribution in [2.75, 3.05) is 13.2 Å².